The molecule has 0 aromatic heterocycles. The molecule has 0 spiro atoms. The predicted octanol–water partition coefficient (Wildman–Crippen LogP) is 2.81. The van der Waals surface area contributed by atoms with Gasteiger partial charge in [-0.05, 0) is 47.7 Å². The Morgan fingerprint density at radius 3 is 2.77 bits per heavy atom. The number of para-hydroxylation sites is 1. The van der Waals surface area contributed by atoms with Gasteiger partial charge in [-0.25, -0.2) is 0 Å². The summed E-state index contributed by atoms with van der Waals surface area (Å²) in [5, 5.41) is 2.78. The third-order valence-electron chi connectivity index (χ3n) is 1.45. The Labute approximate surface area is 91.2 Å². The average Bonchev–Trinajstić information content (AvgIpc) is 2.09. The van der Waals surface area contributed by atoms with E-state index in [0.29, 0.717) is 0 Å². The lowest BCUT2D eigenvalue weighted by molar-refractivity contribution is -0.111. The fourth-order valence-corrected chi connectivity index (χ4v) is 1.41. The van der Waals surface area contributed by atoms with Gasteiger partial charge in [-0.3, -0.25) is 4.79 Å². The molecule has 3 heteroatoms. The molecule has 0 fully saturated rings. The molecule has 13 heavy (non-hydrogen) atoms. The summed E-state index contributed by atoms with van der Waals surface area (Å²) in [5.41, 5.74) is 0.853. The zero-order valence-corrected chi connectivity index (χ0v) is 9.41. The third-order valence-corrected chi connectivity index (χ3v) is 2.39. The van der Waals surface area contributed by atoms with Crippen LogP contribution in [0.3, 0.4) is 0 Å². The summed E-state index contributed by atoms with van der Waals surface area (Å²) in [5.74, 6) is -0.0911. The molecule has 1 amide bonds. The molecule has 0 aliphatic carbocycles. The largest absolute Gasteiger partial charge is 0.322 e. The highest BCUT2D eigenvalue weighted by molar-refractivity contribution is 14.1. The second-order valence-corrected chi connectivity index (χ2v) is 3.63. The molecule has 0 heterocycles. The van der Waals surface area contributed by atoms with E-state index in [9.17, 15) is 4.79 Å². The van der Waals surface area contributed by atoms with Crippen LogP contribution in [-0.4, -0.2) is 5.91 Å². The SMILES string of the molecule is CC=CC(=O)Nc1ccccc1I. The first kappa shape index (κ1) is 10.2. The molecule has 2 nitrogen and oxygen atoms in total. The number of hydrogen-bond acceptors (Lipinski definition) is 1. The number of hydrogen-bond donors (Lipinski definition) is 1. The average molecular weight is 287 g/mol. The van der Waals surface area contributed by atoms with Crippen molar-refractivity contribution < 1.29 is 4.79 Å². The molecule has 0 bridgehead atoms. The molecule has 0 unspecified atom stereocenters. The summed E-state index contributed by atoms with van der Waals surface area (Å²) in [6.07, 6.45) is 3.22. The fourth-order valence-electron chi connectivity index (χ4n) is 0.888. The lowest BCUT2D eigenvalue weighted by atomic mass is 10.3. The van der Waals surface area contributed by atoms with Gasteiger partial charge >= 0.3 is 0 Å². The predicted molar refractivity (Wildman–Crippen MR) is 62.6 cm³/mol. The summed E-state index contributed by atoms with van der Waals surface area (Å²) < 4.78 is 1.04. The minimum Gasteiger partial charge on any atom is -0.322 e. The maximum absolute atomic E-state index is 11.2. The van der Waals surface area contributed by atoms with Crippen molar-refractivity contribution in [2.75, 3.05) is 5.32 Å². The van der Waals surface area contributed by atoms with Crippen molar-refractivity contribution >= 4 is 34.2 Å². The number of halogens is 1. The number of anilines is 1. The van der Waals surface area contributed by atoms with Crippen molar-refractivity contribution in [3.63, 3.8) is 0 Å². The highest BCUT2D eigenvalue weighted by Gasteiger charge is 1.99. The van der Waals surface area contributed by atoms with E-state index >= 15 is 0 Å². The summed E-state index contributed by atoms with van der Waals surface area (Å²) in [4.78, 5) is 11.2. The van der Waals surface area contributed by atoms with Gasteiger partial charge in [0, 0.05) is 3.57 Å². The van der Waals surface area contributed by atoms with Crippen LogP contribution < -0.4 is 5.32 Å². The Morgan fingerprint density at radius 2 is 2.15 bits per heavy atom. The maximum Gasteiger partial charge on any atom is 0.248 e. The molecule has 68 valence electrons. The van der Waals surface area contributed by atoms with Gasteiger partial charge in [-0.15, -0.1) is 0 Å². The molecule has 0 atom stereocenters. The number of carbonyl (C=O) groups excluding carboxylic acids is 1. The second kappa shape index (κ2) is 5.01. The van der Waals surface area contributed by atoms with Crippen molar-refractivity contribution in [3.8, 4) is 0 Å². The first-order valence-corrected chi connectivity index (χ1v) is 5.00. The molecule has 0 aliphatic heterocycles. The lowest BCUT2D eigenvalue weighted by Gasteiger charge is -2.03. The van der Waals surface area contributed by atoms with Crippen molar-refractivity contribution in [3.05, 3.63) is 40.0 Å². The van der Waals surface area contributed by atoms with Gasteiger partial charge in [0.15, 0.2) is 0 Å². The summed E-state index contributed by atoms with van der Waals surface area (Å²) in [6.45, 7) is 1.82. The first-order chi connectivity index (χ1) is 6.24. The smallest absolute Gasteiger partial charge is 0.248 e. The number of nitrogens with one attached hydrogen (secondary N) is 1. The molecule has 0 aliphatic rings. The van der Waals surface area contributed by atoms with Gasteiger partial charge in [0.25, 0.3) is 0 Å². The van der Waals surface area contributed by atoms with Crippen LogP contribution in [0.25, 0.3) is 0 Å². The van der Waals surface area contributed by atoms with Gasteiger partial charge in [0.2, 0.25) is 5.91 Å². The molecule has 0 radical (unpaired) electrons. The molecule has 1 N–H and O–H groups in total. The molecular weight excluding hydrogens is 277 g/mol. The number of rotatable bonds is 2. The van der Waals surface area contributed by atoms with Gasteiger partial charge in [0.05, 0.1) is 5.69 Å². The van der Waals surface area contributed by atoms with Crippen LogP contribution in [0.2, 0.25) is 0 Å². The van der Waals surface area contributed by atoms with Crippen LogP contribution in [-0.2, 0) is 4.79 Å². The van der Waals surface area contributed by atoms with Crippen LogP contribution in [0.1, 0.15) is 6.92 Å². The number of benzene rings is 1. The Bertz CT molecular complexity index is 333. The molecule has 0 saturated carbocycles. The van der Waals surface area contributed by atoms with Crippen molar-refractivity contribution in [2.24, 2.45) is 0 Å². The third kappa shape index (κ3) is 3.18. The van der Waals surface area contributed by atoms with Gasteiger partial charge in [0.1, 0.15) is 0 Å². The monoisotopic (exact) mass is 287 g/mol. The standard InChI is InChI=1S/C10H10INO/c1-2-5-10(13)12-9-7-4-3-6-8(9)11/h2-7H,1H3,(H,12,13). The van der Waals surface area contributed by atoms with E-state index in [2.05, 4.69) is 27.9 Å². The van der Waals surface area contributed by atoms with E-state index < -0.39 is 0 Å². The maximum atomic E-state index is 11.2. The molecule has 0 saturated heterocycles. The summed E-state index contributed by atoms with van der Waals surface area (Å²) in [6, 6.07) is 7.66. The minimum atomic E-state index is -0.0911. The van der Waals surface area contributed by atoms with E-state index in [1.54, 1.807) is 6.08 Å². The highest BCUT2D eigenvalue weighted by atomic mass is 127. The van der Waals surface area contributed by atoms with E-state index in [4.69, 9.17) is 0 Å². The molecule has 1 aromatic rings. The zero-order valence-electron chi connectivity index (χ0n) is 7.25. The number of carbonyl (C=O) groups is 1. The van der Waals surface area contributed by atoms with Crippen molar-refractivity contribution in [1.82, 2.24) is 0 Å². The van der Waals surface area contributed by atoms with Crippen LogP contribution in [0.5, 0.6) is 0 Å². The van der Waals surface area contributed by atoms with E-state index in [1.165, 1.54) is 6.08 Å². The van der Waals surface area contributed by atoms with E-state index in [0.717, 1.165) is 9.26 Å². The van der Waals surface area contributed by atoms with Crippen LogP contribution in [0.15, 0.2) is 36.4 Å². The minimum absolute atomic E-state index is 0.0911. The van der Waals surface area contributed by atoms with Gasteiger partial charge in [-0.1, -0.05) is 18.2 Å². The van der Waals surface area contributed by atoms with Gasteiger partial charge < -0.3 is 5.32 Å². The summed E-state index contributed by atoms with van der Waals surface area (Å²) in [7, 11) is 0. The topological polar surface area (TPSA) is 29.1 Å². The Hall–Kier alpha value is -0.840. The van der Waals surface area contributed by atoms with Gasteiger partial charge in [-0.2, -0.15) is 0 Å². The van der Waals surface area contributed by atoms with Crippen molar-refractivity contribution in [1.29, 1.82) is 0 Å². The Morgan fingerprint density at radius 1 is 1.46 bits per heavy atom. The number of amides is 1. The van der Waals surface area contributed by atoms with Crippen LogP contribution >= 0.6 is 22.6 Å². The van der Waals surface area contributed by atoms with E-state index in [-0.39, 0.29) is 5.91 Å². The van der Waals surface area contributed by atoms with Crippen molar-refractivity contribution in [2.45, 2.75) is 6.92 Å². The first-order valence-electron chi connectivity index (χ1n) is 3.92. The number of allylic oxidation sites excluding steroid dienone is 1. The van der Waals surface area contributed by atoms with Crippen LogP contribution in [0, 0.1) is 3.57 Å². The Balaban J connectivity index is 2.74. The molecule has 1 aromatic carbocycles. The fraction of sp³-hybridized carbons (Fsp3) is 0.100. The van der Waals surface area contributed by atoms with E-state index in [1.807, 2.05) is 31.2 Å². The van der Waals surface area contributed by atoms with Crippen LogP contribution in [0.4, 0.5) is 5.69 Å². The molecular formula is C10H10INO. The highest BCUT2D eigenvalue weighted by Crippen LogP contribution is 2.16. The zero-order chi connectivity index (χ0) is 9.68. The second-order valence-electron chi connectivity index (χ2n) is 2.47. The normalized spacial score (nSPS) is 10.3. The quantitative estimate of drug-likeness (QED) is 0.657. The lowest BCUT2D eigenvalue weighted by Crippen LogP contribution is -2.08. The summed E-state index contributed by atoms with van der Waals surface area (Å²) >= 11 is 2.18. The Kier molecular flexibility index (Phi) is 3.95. The molecule has 1 rings (SSSR count).